The molecule has 0 aliphatic carbocycles. The molecule has 0 bridgehead atoms. The predicted molar refractivity (Wildman–Crippen MR) is 152 cm³/mol. The summed E-state index contributed by atoms with van der Waals surface area (Å²) in [5.74, 6) is -0.517. The van der Waals surface area contributed by atoms with Gasteiger partial charge < -0.3 is 14.9 Å². The van der Waals surface area contributed by atoms with Crippen LogP contribution in [0.25, 0.3) is 6.08 Å². The Morgan fingerprint density at radius 1 is 0.763 bits per heavy atom. The molecule has 0 saturated carbocycles. The Morgan fingerprint density at radius 3 is 2.16 bits per heavy atom. The number of carboxylic acid groups (broad SMARTS) is 2. The summed E-state index contributed by atoms with van der Waals surface area (Å²) in [6, 6.07) is 25.6. The van der Waals surface area contributed by atoms with Crippen molar-refractivity contribution in [3.8, 4) is 5.75 Å². The lowest BCUT2D eigenvalue weighted by Crippen LogP contribution is -2.04. The molecule has 0 aliphatic heterocycles. The van der Waals surface area contributed by atoms with Crippen LogP contribution in [-0.4, -0.2) is 28.8 Å². The summed E-state index contributed by atoms with van der Waals surface area (Å²) in [6.07, 6.45) is 12.0. The zero-order chi connectivity index (χ0) is 27.0. The van der Waals surface area contributed by atoms with E-state index in [1.54, 1.807) is 12.1 Å². The number of benzene rings is 3. The van der Waals surface area contributed by atoms with Crippen molar-refractivity contribution in [2.45, 2.75) is 57.8 Å². The molecule has 1 unspecified atom stereocenters. The number of para-hydroxylation sites is 1. The Bertz CT molecular complexity index is 1130. The highest BCUT2D eigenvalue weighted by Gasteiger charge is 2.09. The second kappa shape index (κ2) is 16.1. The molecular formula is C33H38O5. The van der Waals surface area contributed by atoms with Crippen molar-refractivity contribution in [2.24, 2.45) is 5.92 Å². The van der Waals surface area contributed by atoms with E-state index in [0.29, 0.717) is 6.42 Å². The highest BCUT2D eigenvalue weighted by molar-refractivity contribution is 5.87. The Kier molecular flexibility index (Phi) is 12.1. The van der Waals surface area contributed by atoms with Gasteiger partial charge in [0, 0.05) is 6.42 Å². The van der Waals surface area contributed by atoms with E-state index in [4.69, 9.17) is 14.9 Å². The van der Waals surface area contributed by atoms with Crippen LogP contribution in [0.5, 0.6) is 5.75 Å². The minimum absolute atomic E-state index is 0.186. The lowest BCUT2D eigenvalue weighted by molar-refractivity contribution is -0.137. The van der Waals surface area contributed by atoms with Gasteiger partial charge in [-0.15, -0.1) is 0 Å². The molecule has 2 N–H and O–H groups in total. The summed E-state index contributed by atoms with van der Waals surface area (Å²) in [6.45, 7) is 0.745. The van der Waals surface area contributed by atoms with Gasteiger partial charge in [0.15, 0.2) is 0 Å². The summed E-state index contributed by atoms with van der Waals surface area (Å²) in [5, 5.41) is 18.1. The van der Waals surface area contributed by atoms with Crippen molar-refractivity contribution in [1.29, 1.82) is 0 Å². The summed E-state index contributed by atoms with van der Waals surface area (Å²) in [5.41, 5.74) is 3.83. The third-order valence-electron chi connectivity index (χ3n) is 6.58. The van der Waals surface area contributed by atoms with E-state index in [9.17, 15) is 9.59 Å². The van der Waals surface area contributed by atoms with E-state index in [-0.39, 0.29) is 17.9 Å². The second-order valence-electron chi connectivity index (χ2n) is 9.68. The molecule has 0 spiro atoms. The van der Waals surface area contributed by atoms with Crippen LogP contribution in [0.2, 0.25) is 0 Å². The number of hydrogen-bond donors (Lipinski definition) is 2. The summed E-state index contributed by atoms with van der Waals surface area (Å²) < 4.78 is 5.76. The van der Waals surface area contributed by atoms with Crippen LogP contribution >= 0.6 is 0 Å². The van der Waals surface area contributed by atoms with E-state index in [1.807, 2.05) is 42.5 Å². The quantitative estimate of drug-likeness (QED) is 0.180. The van der Waals surface area contributed by atoms with E-state index in [1.165, 1.54) is 5.56 Å². The largest absolute Gasteiger partial charge is 0.494 e. The van der Waals surface area contributed by atoms with Crippen LogP contribution in [0.3, 0.4) is 0 Å². The van der Waals surface area contributed by atoms with Gasteiger partial charge in [0.25, 0.3) is 0 Å². The van der Waals surface area contributed by atoms with Crippen molar-refractivity contribution < 1.29 is 24.5 Å². The molecule has 0 aliphatic rings. The van der Waals surface area contributed by atoms with Gasteiger partial charge in [-0.2, -0.15) is 0 Å². The summed E-state index contributed by atoms with van der Waals surface area (Å²) in [4.78, 5) is 22.0. The maximum atomic E-state index is 11.1. The van der Waals surface area contributed by atoms with Crippen molar-refractivity contribution >= 4 is 18.0 Å². The Hall–Kier alpha value is -3.86. The number of allylic oxidation sites excluding steroid dienone is 1. The molecule has 0 fully saturated rings. The molecule has 3 aromatic carbocycles. The van der Waals surface area contributed by atoms with Gasteiger partial charge in [-0.25, -0.2) is 4.79 Å². The first-order valence-corrected chi connectivity index (χ1v) is 13.5. The van der Waals surface area contributed by atoms with Gasteiger partial charge in [-0.1, -0.05) is 73.2 Å². The number of rotatable bonds is 17. The lowest BCUT2D eigenvalue weighted by Gasteiger charge is -2.13. The van der Waals surface area contributed by atoms with Gasteiger partial charge in [-0.05, 0) is 91.8 Å². The smallest absolute Gasteiger partial charge is 0.335 e. The fourth-order valence-electron chi connectivity index (χ4n) is 4.39. The van der Waals surface area contributed by atoms with Crippen molar-refractivity contribution in [3.05, 3.63) is 107 Å². The van der Waals surface area contributed by atoms with Gasteiger partial charge in [0.2, 0.25) is 0 Å². The fourth-order valence-corrected chi connectivity index (χ4v) is 4.39. The number of aromatic carboxylic acids is 1. The number of carboxylic acids is 2. The average molecular weight is 515 g/mol. The van der Waals surface area contributed by atoms with Crippen molar-refractivity contribution in [2.75, 3.05) is 6.61 Å². The standard InChI is InChI=1S/C33H38O5/c34-32(35)13-7-6-10-28(25-29-20-22-30(23-21-29)33(36)37)19-18-27-16-14-26(15-17-27)9-3-2-8-24-38-31-11-4-1-5-12-31/h1,4-5,11-12,14-23,28H,2-3,6-10,13,24-25H2,(H,34,35)(H,36,37). The molecule has 1 atom stereocenters. The van der Waals surface area contributed by atoms with Crippen LogP contribution in [0, 0.1) is 5.92 Å². The summed E-state index contributed by atoms with van der Waals surface area (Å²) >= 11 is 0. The van der Waals surface area contributed by atoms with Gasteiger partial charge in [0.1, 0.15) is 5.75 Å². The third-order valence-corrected chi connectivity index (χ3v) is 6.58. The molecule has 0 aromatic heterocycles. The number of aliphatic carboxylic acids is 1. The van der Waals surface area contributed by atoms with E-state index in [0.717, 1.165) is 68.4 Å². The molecule has 3 aromatic rings. The number of hydrogen-bond acceptors (Lipinski definition) is 3. The van der Waals surface area contributed by atoms with Crippen LogP contribution in [0.1, 0.15) is 72.0 Å². The van der Waals surface area contributed by atoms with Crippen LogP contribution < -0.4 is 4.74 Å². The number of carbonyl (C=O) groups is 2. The first-order chi connectivity index (χ1) is 18.5. The summed E-state index contributed by atoms with van der Waals surface area (Å²) in [7, 11) is 0. The maximum Gasteiger partial charge on any atom is 0.335 e. The average Bonchev–Trinajstić information content (AvgIpc) is 2.93. The Labute approximate surface area is 225 Å². The molecule has 5 nitrogen and oxygen atoms in total. The maximum absolute atomic E-state index is 11.1. The fraction of sp³-hybridized carbons (Fsp3) is 0.333. The van der Waals surface area contributed by atoms with E-state index in [2.05, 4.69) is 36.4 Å². The van der Waals surface area contributed by atoms with Gasteiger partial charge >= 0.3 is 11.9 Å². The monoisotopic (exact) mass is 514 g/mol. The molecule has 0 heterocycles. The third kappa shape index (κ3) is 11.0. The van der Waals surface area contributed by atoms with Crippen LogP contribution in [0.15, 0.2) is 84.9 Å². The number of unbranched alkanes of at least 4 members (excludes halogenated alkanes) is 3. The molecule has 3 rings (SSSR count). The molecule has 200 valence electrons. The molecule has 5 heteroatoms. The van der Waals surface area contributed by atoms with Crippen LogP contribution in [-0.2, 0) is 17.6 Å². The minimum Gasteiger partial charge on any atom is -0.494 e. The first-order valence-electron chi connectivity index (χ1n) is 13.5. The predicted octanol–water partition coefficient (Wildman–Crippen LogP) is 7.69. The molecule has 0 saturated heterocycles. The normalized spacial score (nSPS) is 11.9. The molecular weight excluding hydrogens is 476 g/mol. The molecule has 0 amide bonds. The SMILES string of the molecule is O=C(O)CCCCC(C=Cc1ccc(CCCCCOc2ccccc2)cc1)Cc1ccc(C(=O)O)cc1. The lowest BCUT2D eigenvalue weighted by atomic mass is 9.92. The topological polar surface area (TPSA) is 83.8 Å². The van der Waals surface area contributed by atoms with Crippen molar-refractivity contribution in [3.63, 3.8) is 0 Å². The number of aryl methyl sites for hydroxylation is 1. The second-order valence-corrected chi connectivity index (χ2v) is 9.68. The number of ether oxygens (including phenoxy) is 1. The van der Waals surface area contributed by atoms with E-state index >= 15 is 0 Å². The minimum atomic E-state index is -0.929. The van der Waals surface area contributed by atoms with Gasteiger partial charge in [-0.3, -0.25) is 4.79 Å². The Morgan fingerprint density at radius 2 is 1.47 bits per heavy atom. The Balaban J connectivity index is 1.46. The van der Waals surface area contributed by atoms with Crippen molar-refractivity contribution in [1.82, 2.24) is 0 Å². The van der Waals surface area contributed by atoms with Crippen LogP contribution in [0.4, 0.5) is 0 Å². The molecule has 0 radical (unpaired) electrons. The highest BCUT2D eigenvalue weighted by atomic mass is 16.5. The zero-order valence-electron chi connectivity index (χ0n) is 21.9. The molecule has 38 heavy (non-hydrogen) atoms. The zero-order valence-corrected chi connectivity index (χ0v) is 21.9. The highest BCUT2D eigenvalue weighted by Crippen LogP contribution is 2.20. The van der Waals surface area contributed by atoms with Gasteiger partial charge in [0.05, 0.1) is 12.2 Å². The van der Waals surface area contributed by atoms with E-state index < -0.39 is 11.9 Å². The first kappa shape index (κ1) is 28.7.